The van der Waals surface area contributed by atoms with Crippen LogP contribution in [0.3, 0.4) is 0 Å². The van der Waals surface area contributed by atoms with Crippen molar-refractivity contribution in [1.82, 2.24) is 9.97 Å². The molecule has 1 aromatic heterocycles. The van der Waals surface area contributed by atoms with E-state index in [1.54, 1.807) is 0 Å². The van der Waals surface area contributed by atoms with E-state index in [1.165, 1.54) is 32.1 Å². The Labute approximate surface area is 115 Å². The highest BCUT2D eigenvalue weighted by atomic mass is 15.1. The summed E-state index contributed by atoms with van der Waals surface area (Å²) >= 11 is 0. The number of hydrogen-bond donors (Lipinski definition) is 2. The number of rotatable bonds is 6. The first-order valence-corrected chi connectivity index (χ1v) is 7.65. The summed E-state index contributed by atoms with van der Waals surface area (Å²) in [7, 11) is 0. The van der Waals surface area contributed by atoms with Gasteiger partial charge in [0.15, 0.2) is 0 Å². The highest BCUT2D eigenvalue weighted by Crippen LogP contribution is 2.39. The van der Waals surface area contributed by atoms with E-state index in [9.17, 15) is 0 Å². The Bertz CT molecular complexity index is 438. The van der Waals surface area contributed by atoms with Crippen molar-refractivity contribution in [2.24, 2.45) is 5.92 Å². The van der Waals surface area contributed by atoms with Crippen molar-refractivity contribution in [2.45, 2.75) is 57.9 Å². The van der Waals surface area contributed by atoms with Crippen LogP contribution in [0, 0.1) is 5.92 Å². The van der Waals surface area contributed by atoms with Gasteiger partial charge in [-0.15, -0.1) is 0 Å². The topological polar surface area (TPSA) is 49.8 Å². The summed E-state index contributed by atoms with van der Waals surface area (Å²) in [4.78, 5) is 9.31. The first-order chi connectivity index (χ1) is 9.26. The van der Waals surface area contributed by atoms with Gasteiger partial charge in [0.1, 0.15) is 17.5 Å². The number of aromatic nitrogens is 2. The molecule has 1 aromatic rings. The maximum atomic E-state index is 4.70. The summed E-state index contributed by atoms with van der Waals surface area (Å²) in [5.74, 6) is 4.39. The molecule has 2 saturated carbocycles. The molecule has 0 spiro atoms. The Morgan fingerprint density at radius 2 is 1.95 bits per heavy atom. The average molecular weight is 260 g/mol. The van der Waals surface area contributed by atoms with E-state index in [-0.39, 0.29) is 0 Å². The molecule has 104 valence electrons. The van der Waals surface area contributed by atoms with Crippen molar-refractivity contribution >= 4 is 11.6 Å². The summed E-state index contributed by atoms with van der Waals surface area (Å²) in [5, 5.41) is 6.88. The molecule has 2 fully saturated rings. The fraction of sp³-hybridized carbons (Fsp3) is 0.733. The monoisotopic (exact) mass is 260 g/mol. The molecule has 2 N–H and O–H groups in total. The van der Waals surface area contributed by atoms with E-state index in [0.29, 0.717) is 12.0 Å². The number of nitrogens with zero attached hydrogens (tertiary/aromatic N) is 2. The molecule has 4 nitrogen and oxygen atoms in total. The third kappa shape index (κ3) is 2.99. The molecule has 0 saturated heterocycles. The minimum absolute atomic E-state index is 0.519. The zero-order chi connectivity index (χ0) is 13.2. The molecule has 1 atom stereocenters. The molecule has 2 aliphatic rings. The number of anilines is 2. The lowest BCUT2D eigenvalue weighted by atomic mass is 9.80. The summed E-state index contributed by atoms with van der Waals surface area (Å²) in [6, 6.07) is 2.56. The molecule has 4 heteroatoms. The van der Waals surface area contributed by atoms with Gasteiger partial charge in [-0.1, -0.05) is 6.42 Å². The van der Waals surface area contributed by atoms with Gasteiger partial charge in [0.2, 0.25) is 0 Å². The van der Waals surface area contributed by atoms with Crippen molar-refractivity contribution in [3.8, 4) is 0 Å². The fourth-order valence-corrected chi connectivity index (χ4v) is 2.63. The largest absolute Gasteiger partial charge is 0.370 e. The van der Waals surface area contributed by atoms with Crippen LogP contribution in [0.15, 0.2) is 6.07 Å². The van der Waals surface area contributed by atoms with Crippen molar-refractivity contribution in [2.75, 3.05) is 17.2 Å². The molecule has 19 heavy (non-hydrogen) atoms. The number of nitrogens with one attached hydrogen (secondary N) is 2. The molecule has 1 unspecified atom stereocenters. The predicted octanol–water partition coefficient (Wildman–Crippen LogP) is 3.39. The van der Waals surface area contributed by atoms with Gasteiger partial charge in [0, 0.05) is 24.6 Å². The fourth-order valence-electron chi connectivity index (χ4n) is 2.63. The highest BCUT2D eigenvalue weighted by Gasteiger charge is 2.28. The molecule has 2 aliphatic carbocycles. The molecule has 0 aromatic carbocycles. The van der Waals surface area contributed by atoms with Crippen LogP contribution in [0.25, 0.3) is 0 Å². The minimum Gasteiger partial charge on any atom is -0.370 e. The third-order valence-electron chi connectivity index (χ3n) is 4.28. The van der Waals surface area contributed by atoms with Crippen molar-refractivity contribution in [1.29, 1.82) is 0 Å². The summed E-state index contributed by atoms with van der Waals surface area (Å²) < 4.78 is 0. The third-order valence-corrected chi connectivity index (χ3v) is 4.28. The lowest BCUT2D eigenvalue weighted by molar-refractivity contribution is 0.285. The molecule has 0 bridgehead atoms. The molecule has 0 aliphatic heterocycles. The second-order valence-electron chi connectivity index (χ2n) is 5.93. The summed E-state index contributed by atoms with van der Waals surface area (Å²) in [6.07, 6.45) is 6.58. The first-order valence-electron chi connectivity index (χ1n) is 7.65. The van der Waals surface area contributed by atoms with Gasteiger partial charge >= 0.3 is 0 Å². The summed E-state index contributed by atoms with van der Waals surface area (Å²) in [5.41, 5.74) is 0. The zero-order valence-corrected chi connectivity index (χ0v) is 11.9. The Morgan fingerprint density at radius 1 is 1.21 bits per heavy atom. The van der Waals surface area contributed by atoms with Crippen LogP contribution in [0.5, 0.6) is 0 Å². The van der Waals surface area contributed by atoms with Crippen LogP contribution in [-0.2, 0) is 0 Å². The van der Waals surface area contributed by atoms with Gasteiger partial charge in [-0.05, 0) is 45.4 Å². The van der Waals surface area contributed by atoms with Crippen LogP contribution >= 0.6 is 0 Å². The highest BCUT2D eigenvalue weighted by molar-refractivity contribution is 5.48. The Kier molecular flexibility index (Phi) is 3.58. The van der Waals surface area contributed by atoms with E-state index < -0.39 is 0 Å². The van der Waals surface area contributed by atoms with E-state index in [0.717, 1.165) is 29.9 Å². The van der Waals surface area contributed by atoms with Crippen molar-refractivity contribution < 1.29 is 0 Å². The van der Waals surface area contributed by atoms with Crippen LogP contribution in [0.1, 0.15) is 57.7 Å². The van der Waals surface area contributed by atoms with Crippen LogP contribution in [0.4, 0.5) is 11.6 Å². The number of hydrogen-bond acceptors (Lipinski definition) is 4. The van der Waals surface area contributed by atoms with Gasteiger partial charge in [-0.2, -0.15) is 0 Å². The van der Waals surface area contributed by atoms with Crippen LogP contribution in [-0.4, -0.2) is 22.6 Å². The molecule has 0 radical (unpaired) electrons. The minimum atomic E-state index is 0.519. The van der Waals surface area contributed by atoms with Gasteiger partial charge in [-0.3, -0.25) is 0 Å². The molecule has 0 amide bonds. The van der Waals surface area contributed by atoms with E-state index in [1.807, 2.05) is 6.07 Å². The lowest BCUT2D eigenvalue weighted by Crippen LogP contribution is -2.31. The molecule has 1 heterocycles. The maximum Gasteiger partial charge on any atom is 0.136 e. The van der Waals surface area contributed by atoms with Crippen LogP contribution in [0.2, 0.25) is 0 Å². The van der Waals surface area contributed by atoms with E-state index in [2.05, 4.69) is 29.5 Å². The van der Waals surface area contributed by atoms with E-state index >= 15 is 0 Å². The standard InChI is InChI=1S/C15H24N4/c1-3-16-13-9-14(17-10(2)11-5-4-6-11)19-15(18-13)12-7-8-12/h9-12H,3-8H2,1-2H3,(H2,16,17,18,19). The Hall–Kier alpha value is -1.32. The Balaban J connectivity index is 1.74. The molecular weight excluding hydrogens is 236 g/mol. The quantitative estimate of drug-likeness (QED) is 0.823. The zero-order valence-electron chi connectivity index (χ0n) is 11.9. The summed E-state index contributed by atoms with van der Waals surface area (Å²) in [6.45, 7) is 5.28. The smallest absolute Gasteiger partial charge is 0.136 e. The second kappa shape index (κ2) is 5.35. The second-order valence-corrected chi connectivity index (χ2v) is 5.93. The van der Waals surface area contributed by atoms with E-state index in [4.69, 9.17) is 4.98 Å². The van der Waals surface area contributed by atoms with Gasteiger partial charge < -0.3 is 10.6 Å². The predicted molar refractivity (Wildman–Crippen MR) is 78.6 cm³/mol. The molecule has 3 rings (SSSR count). The Morgan fingerprint density at radius 3 is 2.53 bits per heavy atom. The van der Waals surface area contributed by atoms with Gasteiger partial charge in [0.05, 0.1) is 0 Å². The van der Waals surface area contributed by atoms with Crippen molar-refractivity contribution in [3.05, 3.63) is 11.9 Å². The average Bonchev–Trinajstić information content (AvgIpc) is 3.09. The van der Waals surface area contributed by atoms with Crippen molar-refractivity contribution in [3.63, 3.8) is 0 Å². The van der Waals surface area contributed by atoms with Gasteiger partial charge in [-0.25, -0.2) is 9.97 Å². The SMILES string of the molecule is CCNc1cc(NC(C)C2CCC2)nc(C2CC2)n1. The van der Waals surface area contributed by atoms with Gasteiger partial charge in [0.25, 0.3) is 0 Å². The van der Waals surface area contributed by atoms with Crippen LogP contribution < -0.4 is 10.6 Å². The maximum absolute atomic E-state index is 4.70. The first kappa shape index (κ1) is 12.7. The normalized spacial score (nSPS) is 20.7. The molecular formula is C15H24N4. The lowest BCUT2D eigenvalue weighted by Gasteiger charge is -2.32.